The number of furan rings is 1. The average molecular weight is 286 g/mol. The fourth-order valence-electron chi connectivity index (χ4n) is 3.35. The van der Waals surface area contributed by atoms with Gasteiger partial charge in [0.15, 0.2) is 0 Å². The molecule has 1 saturated heterocycles. The van der Waals surface area contributed by atoms with E-state index in [-0.39, 0.29) is 5.54 Å². The molecular formula is C18H26N2O. The van der Waals surface area contributed by atoms with Crippen LogP contribution in [0.3, 0.4) is 0 Å². The van der Waals surface area contributed by atoms with Crippen LogP contribution in [0.5, 0.6) is 0 Å². The molecule has 0 spiro atoms. The van der Waals surface area contributed by atoms with E-state index in [4.69, 9.17) is 4.42 Å². The molecule has 1 aromatic heterocycles. The van der Waals surface area contributed by atoms with Crippen molar-refractivity contribution in [1.29, 1.82) is 0 Å². The molecule has 1 aliphatic heterocycles. The van der Waals surface area contributed by atoms with Crippen molar-refractivity contribution >= 4 is 11.0 Å². The third-order valence-electron chi connectivity index (χ3n) is 4.74. The molecule has 0 bridgehead atoms. The van der Waals surface area contributed by atoms with Crippen LogP contribution < -0.4 is 5.32 Å². The first-order chi connectivity index (χ1) is 10.1. The minimum absolute atomic E-state index is 0.286. The van der Waals surface area contributed by atoms with Gasteiger partial charge in [-0.2, -0.15) is 0 Å². The highest BCUT2D eigenvalue weighted by molar-refractivity contribution is 5.82. The number of hydrogen-bond donors (Lipinski definition) is 1. The number of nitrogens with zero attached hydrogens (tertiary/aromatic N) is 1. The Balaban J connectivity index is 1.93. The maximum absolute atomic E-state index is 6.17. The lowest BCUT2D eigenvalue weighted by atomic mass is 10.0. The fraction of sp³-hybridized carbons (Fsp3) is 0.556. The molecule has 0 amide bonds. The molecule has 3 rings (SSSR count). The molecule has 2 heterocycles. The fourth-order valence-corrected chi connectivity index (χ4v) is 3.35. The van der Waals surface area contributed by atoms with Crippen LogP contribution in [0.2, 0.25) is 0 Å². The van der Waals surface area contributed by atoms with Crippen molar-refractivity contribution in [2.24, 2.45) is 0 Å². The summed E-state index contributed by atoms with van der Waals surface area (Å²) in [5.41, 5.74) is 2.63. The molecule has 21 heavy (non-hydrogen) atoms. The standard InChI is InChI=1S/C18H26N2O/c1-4-19-12-15-14-8-5-6-9-16(14)21-17(15)13-20-11-7-10-18(20,2)3/h5-6,8-9,19H,4,7,10-13H2,1-3H3. The predicted octanol–water partition coefficient (Wildman–Crippen LogP) is 3.92. The van der Waals surface area contributed by atoms with Gasteiger partial charge in [0, 0.05) is 23.0 Å². The van der Waals surface area contributed by atoms with Crippen molar-refractivity contribution in [2.75, 3.05) is 13.1 Å². The number of para-hydroxylation sites is 1. The number of fused-ring (bicyclic) bond motifs is 1. The van der Waals surface area contributed by atoms with E-state index in [0.29, 0.717) is 0 Å². The molecule has 0 radical (unpaired) electrons. The zero-order valence-corrected chi connectivity index (χ0v) is 13.4. The minimum atomic E-state index is 0.286. The maximum atomic E-state index is 6.17. The Bertz CT molecular complexity index is 615. The number of likely N-dealkylation sites (tertiary alicyclic amines) is 1. The van der Waals surface area contributed by atoms with E-state index in [0.717, 1.165) is 31.0 Å². The van der Waals surface area contributed by atoms with Gasteiger partial charge in [-0.25, -0.2) is 0 Å². The molecule has 0 unspecified atom stereocenters. The second-order valence-electron chi connectivity index (χ2n) is 6.62. The zero-order chi connectivity index (χ0) is 14.9. The SMILES string of the molecule is CCNCc1c(CN2CCCC2(C)C)oc2ccccc12. The summed E-state index contributed by atoms with van der Waals surface area (Å²) >= 11 is 0. The van der Waals surface area contributed by atoms with Crippen molar-refractivity contribution in [3.8, 4) is 0 Å². The number of hydrogen-bond acceptors (Lipinski definition) is 3. The molecule has 0 aliphatic carbocycles. The zero-order valence-electron chi connectivity index (χ0n) is 13.4. The monoisotopic (exact) mass is 286 g/mol. The summed E-state index contributed by atoms with van der Waals surface area (Å²) in [4.78, 5) is 2.56. The Labute approximate surface area is 127 Å². The lowest BCUT2D eigenvalue weighted by Crippen LogP contribution is -2.37. The number of rotatable bonds is 5. The first-order valence-corrected chi connectivity index (χ1v) is 8.07. The Morgan fingerprint density at radius 1 is 1.29 bits per heavy atom. The van der Waals surface area contributed by atoms with Gasteiger partial charge in [-0.15, -0.1) is 0 Å². The Morgan fingerprint density at radius 2 is 2.10 bits per heavy atom. The normalized spacial score (nSPS) is 18.6. The van der Waals surface area contributed by atoms with Crippen LogP contribution >= 0.6 is 0 Å². The topological polar surface area (TPSA) is 28.4 Å². The first kappa shape index (κ1) is 14.6. The summed E-state index contributed by atoms with van der Waals surface area (Å²) < 4.78 is 6.17. The third kappa shape index (κ3) is 2.85. The first-order valence-electron chi connectivity index (χ1n) is 8.07. The largest absolute Gasteiger partial charge is 0.459 e. The summed E-state index contributed by atoms with van der Waals surface area (Å²) in [6, 6.07) is 8.39. The van der Waals surface area contributed by atoms with Gasteiger partial charge in [-0.1, -0.05) is 25.1 Å². The van der Waals surface area contributed by atoms with E-state index < -0.39 is 0 Å². The average Bonchev–Trinajstić information content (AvgIpc) is 2.97. The molecule has 1 N–H and O–H groups in total. The molecule has 1 fully saturated rings. The van der Waals surface area contributed by atoms with Gasteiger partial charge >= 0.3 is 0 Å². The second kappa shape index (κ2) is 5.82. The van der Waals surface area contributed by atoms with Crippen LogP contribution in [0, 0.1) is 0 Å². The summed E-state index contributed by atoms with van der Waals surface area (Å²) in [5.74, 6) is 1.13. The van der Waals surface area contributed by atoms with Gasteiger partial charge in [0.25, 0.3) is 0 Å². The van der Waals surface area contributed by atoms with Gasteiger partial charge in [-0.3, -0.25) is 4.90 Å². The van der Waals surface area contributed by atoms with Gasteiger partial charge in [-0.05, 0) is 45.8 Å². The van der Waals surface area contributed by atoms with E-state index in [1.807, 2.05) is 6.07 Å². The lowest BCUT2D eigenvalue weighted by molar-refractivity contribution is 0.155. The molecule has 1 aliphatic rings. The van der Waals surface area contributed by atoms with E-state index in [2.05, 4.69) is 49.2 Å². The van der Waals surface area contributed by atoms with E-state index >= 15 is 0 Å². The lowest BCUT2D eigenvalue weighted by Gasteiger charge is -2.31. The van der Waals surface area contributed by atoms with Gasteiger partial charge in [0.2, 0.25) is 0 Å². The second-order valence-corrected chi connectivity index (χ2v) is 6.62. The van der Waals surface area contributed by atoms with Crippen molar-refractivity contribution in [1.82, 2.24) is 10.2 Å². The molecular weight excluding hydrogens is 260 g/mol. The van der Waals surface area contributed by atoms with E-state index in [1.165, 1.54) is 30.3 Å². The van der Waals surface area contributed by atoms with Gasteiger partial charge in [0.1, 0.15) is 11.3 Å². The molecule has 3 heteroatoms. The van der Waals surface area contributed by atoms with Crippen molar-refractivity contribution in [3.05, 3.63) is 35.6 Å². The molecule has 3 nitrogen and oxygen atoms in total. The van der Waals surface area contributed by atoms with Crippen molar-refractivity contribution < 1.29 is 4.42 Å². The molecule has 114 valence electrons. The Kier molecular flexibility index (Phi) is 4.05. The highest BCUT2D eigenvalue weighted by Gasteiger charge is 2.33. The summed E-state index contributed by atoms with van der Waals surface area (Å²) in [5, 5.41) is 4.71. The predicted molar refractivity (Wildman–Crippen MR) is 87.3 cm³/mol. The van der Waals surface area contributed by atoms with Crippen LogP contribution in [0.15, 0.2) is 28.7 Å². The smallest absolute Gasteiger partial charge is 0.134 e. The van der Waals surface area contributed by atoms with Gasteiger partial charge < -0.3 is 9.73 Å². The molecule has 0 atom stereocenters. The van der Waals surface area contributed by atoms with E-state index in [1.54, 1.807) is 0 Å². The summed E-state index contributed by atoms with van der Waals surface area (Å²) in [7, 11) is 0. The quantitative estimate of drug-likeness (QED) is 0.903. The minimum Gasteiger partial charge on any atom is -0.459 e. The Hall–Kier alpha value is -1.32. The van der Waals surface area contributed by atoms with Crippen molar-refractivity contribution in [2.45, 2.75) is 52.2 Å². The highest BCUT2D eigenvalue weighted by Crippen LogP contribution is 2.33. The Morgan fingerprint density at radius 3 is 2.81 bits per heavy atom. The van der Waals surface area contributed by atoms with Crippen LogP contribution in [0.25, 0.3) is 11.0 Å². The number of nitrogens with one attached hydrogen (secondary N) is 1. The molecule has 2 aromatic rings. The van der Waals surface area contributed by atoms with Crippen LogP contribution in [0.4, 0.5) is 0 Å². The van der Waals surface area contributed by atoms with Crippen LogP contribution in [-0.4, -0.2) is 23.5 Å². The maximum Gasteiger partial charge on any atom is 0.134 e. The highest BCUT2D eigenvalue weighted by atomic mass is 16.3. The molecule has 0 saturated carbocycles. The van der Waals surface area contributed by atoms with E-state index in [9.17, 15) is 0 Å². The third-order valence-corrected chi connectivity index (χ3v) is 4.74. The van der Waals surface area contributed by atoms with Crippen molar-refractivity contribution in [3.63, 3.8) is 0 Å². The summed E-state index contributed by atoms with van der Waals surface area (Å²) in [6.45, 7) is 10.8. The molecule has 1 aromatic carbocycles. The summed E-state index contributed by atoms with van der Waals surface area (Å²) in [6.07, 6.45) is 2.56. The van der Waals surface area contributed by atoms with Crippen LogP contribution in [-0.2, 0) is 13.1 Å². The van der Waals surface area contributed by atoms with Gasteiger partial charge in [0.05, 0.1) is 6.54 Å². The van der Waals surface area contributed by atoms with Crippen LogP contribution in [0.1, 0.15) is 44.9 Å². The number of benzene rings is 1.